The highest BCUT2D eigenvalue weighted by Gasteiger charge is 2.38. The molecule has 0 saturated carbocycles. The molecule has 28 heavy (non-hydrogen) atoms. The van der Waals surface area contributed by atoms with Crippen LogP contribution in [0, 0.1) is 5.41 Å². The molecule has 0 spiro atoms. The molecule has 1 atom stereocenters. The van der Waals surface area contributed by atoms with Crippen LogP contribution in [0.25, 0.3) is 0 Å². The molecule has 6 nitrogen and oxygen atoms in total. The van der Waals surface area contributed by atoms with Gasteiger partial charge >= 0.3 is 12.1 Å². The zero-order valence-corrected chi connectivity index (χ0v) is 16.9. The number of rotatable bonds is 3. The monoisotopic (exact) mass is 420 g/mol. The zero-order chi connectivity index (χ0) is 21.7. The Balaban J connectivity index is 0.000000480. The van der Waals surface area contributed by atoms with E-state index in [4.69, 9.17) is 25.1 Å². The summed E-state index contributed by atoms with van der Waals surface area (Å²) in [6, 6.07) is 5.95. The molecule has 1 aliphatic rings. The van der Waals surface area contributed by atoms with Crippen LogP contribution in [0.4, 0.5) is 13.2 Å². The molecule has 1 aliphatic heterocycles. The predicted octanol–water partition coefficient (Wildman–Crippen LogP) is 4.37. The highest BCUT2D eigenvalue weighted by Crippen LogP contribution is 2.42. The van der Waals surface area contributed by atoms with Crippen LogP contribution in [-0.4, -0.2) is 36.6 Å². The first-order valence-corrected chi connectivity index (χ1v) is 8.92. The third kappa shape index (κ3) is 6.66. The number of carboxylic acids is 1. The fraction of sp³-hybridized carbons (Fsp3) is 0.444. The molecular weight excluding hydrogens is 397 g/mol. The number of aliphatic carboxylic acids is 1. The number of benzene rings is 1. The van der Waals surface area contributed by atoms with Crippen molar-refractivity contribution >= 4 is 22.9 Å². The second-order valence-corrected chi connectivity index (χ2v) is 7.87. The van der Waals surface area contributed by atoms with E-state index >= 15 is 0 Å². The van der Waals surface area contributed by atoms with Gasteiger partial charge in [-0.15, -0.1) is 0 Å². The molecule has 1 aromatic carbocycles. The summed E-state index contributed by atoms with van der Waals surface area (Å²) in [4.78, 5) is 13.4. The minimum atomic E-state index is -5.08. The van der Waals surface area contributed by atoms with E-state index in [1.54, 1.807) is 26.0 Å². The lowest BCUT2D eigenvalue weighted by Crippen LogP contribution is -2.21. The van der Waals surface area contributed by atoms with Crippen LogP contribution in [0.2, 0.25) is 0 Å². The standard InChI is InChI=1S/C16H22N2O2S.C2HF3O2/c1-16(2,3)14-9-13(21-15(17)18-14)10-6-7-11(19-4)12(8-10)20-5;3-2(4,5)1(6)7/h6-9,13H,1-5H3,(H2,17,18);(H,6,7). The summed E-state index contributed by atoms with van der Waals surface area (Å²) in [6.07, 6.45) is -2.91. The van der Waals surface area contributed by atoms with Crippen molar-refractivity contribution in [2.75, 3.05) is 14.2 Å². The third-order valence-corrected chi connectivity index (χ3v) is 4.53. The number of thioether (sulfide) groups is 1. The molecule has 3 N–H and O–H groups in total. The van der Waals surface area contributed by atoms with Crippen LogP contribution >= 0.6 is 11.8 Å². The van der Waals surface area contributed by atoms with Gasteiger partial charge < -0.3 is 20.3 Å². The lowest BCUT2D eigenvalue weighted by atomic mass is 9.91. The van der Waals surface area contributed by atoms with Crippen molar-refractivity contribution in [2.45, 2.75) is 32.2 Å². The number of allylic oxidation sites excluding steroid dienone is 1. The summed E-state index contributed by atoms with van der Waals surface area (Å²) < 4.78 is 42.4. The summed E-state index contributed by atoms with van der Waals surface area (Å²) in [5, 5.41) is 7.86. The highest BCUT2D eigenvalue weighted by atomic mass is 32.2. The summed E-state index contributed by atoms with van der Waals surface area (Å²) >= 11 is 1.55. The van der Waals surface area contributed by atoms with Crippen molar-refractivity contribution in [3.8, 4) is 11.5 Å². The average Bonchev–Trinajstić information content (AvgIpc) is 2.59. The number of methoxy groups -OCH3 is 2. The summed E-state index contributed by atoms with van der Waals surface area (Å²) in [5.41, 5.74) is 8.10. The molecule has 0 aromatic heterocycles. The first-order valence-electron chi connectivity index (χ1n) is 8.04. The number of nitrogens with zero attached hydrogens (tertiary/aromatic N) is 1. The first kappa shape index (κ1) is 23.7. The van der Waals surface area contributed by atoms with Crippen LogP contribution in [0.1, 0.15) is 31.6 Å². The summed E-state index contributed by atoms with van der Waals surface area (Å²) in [6.45, 7) is 6.41. The Morgan fingerprint density at radius 1 is 1.18 bits per heavy atom. The normalized spacial score (nSPS) is 16.9. The second-order valence-electron chi connectivity index (χ2n) is 6.71. The largest absolute Gasteiger partial charge is 0.493 e. The number of halogens is 3. The van der Waals surface area contributed by atoms with Gasteiger partial charge in [-0.1, -0.05) is 38.6 Å². The Kier molecular flexibility index (Phi) is 7.80. The number of hydrogen-bond donors (Lipinski definition) is 2. The smallest absolute Gasteiger partial charge is 0.490 e. The van der Waals surface area contributed by atoms with Gasteiger partial charge in [0.15, 0.2) is 16.7 Å². The van der Waals surface area contributed by atoms with E-state index in [2.05, 4.69) is 31.8 Å². The Hall–Kier alpha value is -2.36. The number of carboxylic acid groups (broad SMARTS) is 1. The van der Waals surface area contributed by atoms with E-state index in [0.717, 1.165) is 22.8 Å². The lowest BCUT2D eigenvalue weighted by Gasteiger charge is -2.26. The molecule has 0 radical (unpaired) electrons. The molecule has 1 unspecified atom stereocenters. The Labute approximate surface area is 165 Å². The van der Waals surface area contributed by atoms with Gasteiger partial charge in [0.2, 0.25) is 0 Å². The minimum Gasteiger partial charge on any atom is -0.493 e. The first-order chi connectivity index (χ1) is 12.8. The van der Waals surface area contributed by atoms with Gasteiger partial charge in [-0.25, -0.2) is 9.79 Å². The van der Waals surface area contributed by atoms with Crippen molar-refractivity contribution in [2.24, 2.45) is 16.1 Å². The number of ether oxygens (including phenoxy) is 2. The number of nitrogens with two attached hydrogens (primary N) is 1. The van der Waals surface area contributed by atoms with Crippen molar-refractivity contribution in [1.29, 1.82) is 0 Å². The Morgan fingerprint density at radius 3 is 2.14 bits per heavy atom. The number of carbonyl (C=O) groups is 1. The lowest BCUT2D eigenvalue weighted by molar-refractivity contribution is -0.192. The fourth-order valence-electron chi connectivity index (χ4n) is 2.10. The van der Waals surface area contributed by atoms with E-state index in [1.807, 2.05) is 18.2 Å². The molecule has 10 heteroatoms. The molecule has 0 bridgehead atoms. The van der Waals surface area contributed by atoms with Crippen LogP contribution in [0.5, 0.6) is 11.5 Å². The van der Waals surface area contributed by atoms with Crippen LogP contribution < -0.4 is 15.2 Å². The molecule has 1 aromatic rings. The van der Waals surface area contributed by atoms with Gasteiger partial charge in [0.1, 0.15) is 0 Å². The van der Waals surface area contributed by atoms with Crippen molar-refractivity contribution < 1.29 is 32.5 Å². The SMILES string of the molecule is COc1ccc(C2C=C(C(C)(C)C)N=C(N)S2)cc1OC.O=C(O)C(F)(F)F. The molecule has 0 fully saturated rings. The average molecular weight is 420 g/mol. The zero-order valence-electron chi connectivity index (χ0n) is 16.1. The van der Waals surface area contributed by atoms with E-state index < -0.39 is 12.1 Å². The molecule has 0 saturated heterocycles. The molecule has 156 valence electrons. The number of alkyl halides is 3. The minimum absolute atomic E-state index is 0.0274. The molecule has 0 amide bonds. The number of hydrogen-bond acceptors (Lipinski definition) is 6. The predicted molar refractivity (Wildman–Crippen MR) is 103 cm³/mol. The van der Waals surface area contributed by atoms with E-state index in [-0.39, 0.29) is 10.7 Å². The van der Waals surface area contributed by atoms with E-state index in [9.17, 15) is 13.2 Å². The molecule has 2 rings (SSSR count). The molecule has 0 aliphatic carbocycles. The van der Waals surface area contributed by atoms with Crippen LogP contribution in [0.3, 0.4) is 0 Å². The Morgan fingerprint density at radius 2 is 1.71 bits per heavy atom. The Bertz CT molecular complexity index is 771. The van der Waals surface area contributed by atoms with E-state index in [1.165, 1.54) is 0 Å². The highest BCUT2D eigenvalue weighted by molar-refractivity contribution is 8.14. The third-order valence-electron chi connectivity index (χ3n) is 3.53. The molecule has 1 heterocycles. The maximum absolute atomic E-state index is 10.6. The summed E-state index contributed by atoms with van der Waals surface area (Å²) in [7, 11) is 3.27. The maximum atomic E-state index is 10.6. The quantitative estimate of drug-likeness (QED) is 0.754. The molecular formula is C18H23F3N2O4S. The van der Waals surface area contributed by atoms with Gasteiger partial charge in [-0.3, -0.25) is 0 Å². The van der Waals surface area contributed by atoms with Gasteiger partial charge in [-0.05, 0) is 23.8 Å². The topological polar surface area (TPSA) is 94.1 Å². The van der Waals surface area contributed by atoms with Gasteiger partial charge in [0.25, 0.3) is 0 Å². The van der Waals surface area contributed by atoms with E-state index in [0.29, 0.717) is 5.17 Å². The maximum Gasteiger partial charge on any atom is 0.490 e. The van der Waals surface area contributed by atoms with Gasteiger partial charge in [0, 0.05) is 11.1 Å². The van der Waals surface area contributed by atoms with Crippen molar-refractivity contribution in [3.05, 3.63) is 35.5 Å². The second kappa shape index (κ2) is 9.22. The van der Waals surface area contributed by atoms with Crippen LogP contribution in [-0.2, 0) is 4.79 Å². The van der Waals surface area contributed by atoms with Gasteiger partial charge in [-0.2, -0.15) is 13.2 Å². The van der Waals surface area contributed by atoms with Crippen molar-refractivity contribution in [1.82, 2.24) is 0 Å². The van der Waals surface area contributed by atoms with Crippen molar-refractivity contribution in [3.63, 3.8) is 0 Å². The number of amidine groups is 1. The van der Waals surface area contributed by atoms with Crippen LogP contribution in [0.15, 0.2) is 35.0 Å². The number of aliphatic imine (C=N–C) groups is 1. The van der Waals surface area contributed by atoms with Gasteiger partial charge in [0.05, 0.1) is 19.5 Å². The fourth-order valence-corrected chi connectivity index (χ4v) is 2.99. The summed E-state index contributed by atoms with van der Waals surface area (Å²) in [5.74, 6) is -1.31.